The van der Waals surface area contributed by atoms with Crippen LogP contribution in [0.4, 0.5) is 4.39 Å². The first-order valence-electron chi connectivity index (χ1n) is 12.4. The van der Waals surface area contributed by atoms with Crippen LogP contribution in [0.25, 0.3) is 11.1 Å². The van der Waals surface area contributed by atoms with Gasteiger partial charge in [0.2, 0.25) is 0 Å². The standard InChI is InChI=1S/C30H28FN3O5/c1-18-8-21(31)4-5-25(18)26-11-20(15-33-6-7-39-30(33)32)12-28-27(26)13-22(35)17-34(29(28)36)16-19-9-23(37-2)14-24(10-19)38-3/h4-12,14,32H,13,15-17H2,1-3H3. The highest BCUT2D eigenvalue weighted by Gasteiger charge is 2.30. The predicted molar refractivity (Wildman–Crippen MR) is 141 cm³/mol. The van der Waals surface area contributed by atoms with Crippen molar-refractivity contribution in [3.8, 4) is 22.6 Å². The van der Waals surface area contributed by atoms with E-state index in [1.165, 1.54) is 23.3 Å². The Balaban J connectivity index is 1.63. The Morgan fingerprint density at radius 2 is 1.62 bits per heavy atom. The van der Waals surface area contributed by atoms with Crippen molar-refractivity contribution in [2.24, 2.45) is 0 Å². The zero-order valence-electron chi connectivity index (χ0n) is 21.9. The molecule has 1 aromatic heterocycles. The van der Waals surface area contributed by atoms with E-state index in [0.717, 1.165) is 16.7 Å². The molecule has 0 saturated heterocycles. The fraction of sp³-hybridized carbons (Fsp3) is 0.233. The van der Waals surface area contributed by atoms with E-state index in [4.69, 9.17) is 19.3 Å². The van der Waals surface area contributed by atoms with Crippen LogP contribution in [-0.2, 0) is 24.3 Å². The molecule has 2 heterocycles. The minimum Gasteiger partial charge on any atom is -0.497 e. The molecule has 1 amide bonds. The molecule has 8 nitrogen and oxygen atoms in total. The molecule has 1 N–H and O–H groups in total. The zero-order valence-corrected chi connectivity index (χ0v) is 21.9. The average molecular weight is 530 g/mol. The number of rotatable bonds is 7. The number of hydrogen-bond acceptors (Lipinski definition) is 6. The van der Waals surface area contributed by atoms with Crippen LogP contribution in [0, 0.1) is 18.2 Å². The number of carbonyl (C=O) groups is 2. The summed E-state index contributed by atoms with van der Waals surface area (Å²) >= 11 is 0. The number of hydrogen-bond donors (Lipinski definition) is 1. The molecule has 1 aliphatic rings. The van der Waals surface area contributed by atoms with Gasteiger partial charge < -0.3 is 18.8 Å². The summed E-state index contributed by atoms with van der Waals surface area (Å²) in [7, 11) is 3.10. The first-order chi connectivity index (χ1) is 18.7. The van der Waals surface area contributed by atoms with Crippen LogP contribution in [0.1, 0.15) is 32.6 Å². The molecular formula is C30H28FN3O5. The second-order valence-electron chi connectivity index (χ2n) is 9.56. The monoisotopic (exact) mass is 529 g/mol. The maximum atomic E-state index is 14.0. The first-order valence-corrected chi connectivity index (χ1v) is 12.4. The molecule has 0 saturated carbocycles. The summed E-state index contributed by atoms with van der Waals surface area (Å²) in [6.07, 6.45) is 3.13. The van der Waals surface area contributed by atoms with Crippen molar-refractivity contribution in [1.82, 2.24) is 9.47 Å². The Morgan fingerprint density at radius 1 is 0.923 bits per heavy atom. The van der Waals surface area contributed by atoms with Gasteiger partial charge in [-0.05, 0) is 76.7 Å². The number of ether oxygens (including phenoxy) is 2. The number of ketones is 1. The van der Waals surface area contributed by atoms with Crippen LogP contribution in [0.2, 0.25) is 0 Å². The lowest BCUT2D eigenvalue weighted by atomic mass is 9.88. The van der Waals surface area contributed by atoms with E-state index in [0.29, 0.717) is 33.8 Å². The molecule has 5 rings (SSSR count). The summed E-state index contributed by atoms with van der Waals surface area (Å²) in [5, 5.41) is 8.00. The number of Topliss-reactive ketones (excluding diaryl/α,β-unsaturated/α-hetero) is 1. The van der Waals surface area contributed by atoms with Gasteiger partial charge in [-0.1, -0.05) is 6.07 Å². The van der Waals surface area contributed by atoms with Crippen LogP contribution in [-0.4, -0.2) is 41.9 Å². The first kappa shape index (κ1) is 26.0. The van der Waals surface area contributed by atoms with E-state index in [1.807, 2.05) is 6.07 Å². The van der Waals surface area contributed by atoms with E-state index >= 15 is 0 Å². The third kappa shape index (κ3) is 5.34. The number of benzene rings is 3. The fourth-order valence-electron chi connectivity index (χ4n) is 5.01. The summed E-state index contributed by atoms with van der Waals surface area (Å²) in [5.74, 6) is 0.404. The zero-order chi connectivity index (χ0) is 27.7. The molecule has 0 bridgehead atoms. The van der Waals surface area contributed by atoms with Crippen molar-refractivity contribution >= 4 is 11.7 Å². The SMILES string of the molecule is COc1cc(CN2CC(=O)Cc3c(cc(Cn4ccoc4=N)cc3-c3ccc(F)cc3C)C2=O)cc(OC)c1. The highest BCUT2D eigenvalue weighted by Crippen LogP contribution is 2.34. The van der Waals surface area contributed by atoms with Gasteiger partial charge in [-0.2, -0.15) is 0 Å². The molecule has 0 aliphatic carbocycles. The van der Waals surface area contributed by atoms with Crippen LogP contribution in [0.15, 0.2) is 65.4 Å². The van der Waals surface area contributed by atoms with E-state index in [9.17, 15) is 14.0 Å². The number of fused-ring (bicyclic) bond motifs is 1. The molecule has 0 radical (unpaired) electrons. The summed E-state index contributed by atoms with van der Waals surface area (Å²) < 4.78 is 31.4. The Labute approximate surface area is 224 Å². The molecule has 39 heavy (non-hydrogen) atoms. The number of carbonyl (C=O) groups excluding carboxylic acids is 2. The number of oxazole rings is 1. The van der Waals surface area contributed by atoms with E-state index in [-0.39, 0.29) is 49.2 Å². The van der Waals surface area contributed by atoms with Crippen LogP contribution in [0.3, 0.4) is 0 Å². The molecular weight excluding hydrogens is 501 g/mol. The van der Waals surface area contributed by atoms with Gasteiger partial charge in [0.25, 0.3) is 11.6 Å². The van der Waals surface area contributed by atoms with Gasteiger partial charge in [0.15, 0.2) is 5.78 Å². The highest BCUT2D eigenvalue weighted by molar-refractivity contribution is 6.04. The van der Waals surface area contributed by atoms with Crippen LogP contribution >= 0.6 is 0 Å². The Bertz CT molecular complexity index is 1620. The average Bonchev–Trinajstić information content (AvgIpc) is 3.27. The summed E-state index contributed by atoms with van der Waals surface area (Å²) in [6.45, 7) is 2.20. The molecule has 1 aliphatic heterocycles. The molecule has 0 atom stereocenters. The largest absolute Gasteiger partial charge is 0.497 e. The maximum Gasteiger partial charge on any atom is 0.293 e. The van der Waals surface area contributed by atoms with E-state index in [1.54, 1.807) is 62.2 Å². The topological polar surface area (TPSA) is 97.8 Å². The number of nitrogens with one attached hydrogen (secondary N) is 1. The maximum absolute atomic E-state index is 14.0. The number of nitrogens with zero attached hydrogens (tertiary/aromatic N) is 2. The van der Waals surface area contributed by atoms with Gasteiger partial charge in [-0.25, -0.2) is 4.39 Å². The quantitative estimate of drug-likeness (QED) is 0.380. The molecule has 3 aromatic carbocycles. The van der Waals surface area contributed by atoms with Gasteiger partial charge >= 0.3 is 0 Å². The second kappa shape index (κ2) is 10.6. The van der Waals surface area contributed by atoms with Crippen molar-refractivity contribution in [1.29, 1.82) is 5.41 Å². The number of aromatic nitrogens is 1. The van der Waals surface area contributed by atoms with Crippen LogP contribution in [0.5, 0.6) is 11.5 Å². The van der Waals surface area contributed by atoms with Crippen molar-refractivity contribution in [2.75, 3.05) is 20.8 Å². The van der Waals surface area contributed by atoms with Crippen molar-refractivity contribution in [3.63, 3.8) is 0 Å². The lowest BCUT2D eigenvalue weighted by molar-refractivity contribution is -0.119. The van der Waals surface area contributed by atoms with Crippen molar-refractivity contribution < 1.29 is 27.9 Å². The Morgan fingerprint density at radius 3 is 2.26 bits per heavy atom. The van der Waals surface area contributed by atoms with Gasteiger partial charge in [0.1, 0.15) is 23.6 Å². The Kier molecular flexibility index (Phi) is 7.06. The summed E-state index contributed by atoms with van der Waals surface area (Å²) in [4.78, 5) is 28.8. The minimum absolute atomic E-state index is 0.0282. The normalized spacial score (nSPS) is 13.3. The molecule has 9 heteroatoms. The predicted octanol–water partition coefficient (Wildman–Crippen LogP) is 4.51. The minimum atomic E-state index is -0.363. The van der Waals surface area contributed by atoms with Gasteiger partial charge in [0.05, 0.1) is 27.3 Å². The fourth-order valence-corrected chi connectivity index (χ4v) is 5.01. The number of halogens is 1. The van der Waals surface area contributed by atoms with Gasteiger partial charge in [-0.3, -0.25) is 19.6 Å². The van der Waals surface area contributed by atoms with Crippen molar-refractivity contribution in [2.45, 2.75) is 26.4 Å². The summed E-state index contributed by atoms with van der Waals surface area (Å²) in [5.41, 5.74) is 4.62. The Hall–Kier alpha value is -4.66. The lowest BCUT2D eigenvalue weighted by Crippen LogP contribution is -2.33. The van der Waals surface area contributed by atoms with Crippen LogP contribution < -0.4 is 15.2 Å². The number of methoxy groups -OCH3 is 2. The third-order valence-corrected chi connectivity index (χ3v) is 6.87. The number of amides is 1. The van der Waals surface area contributed by atoms with Crippen molar-refractivity contribution in [3.05, 3.63) is 100 Å². The van der Waals surface area contributed by atoms with E-state index < -0.39 is 0 Å². The molecule has 4 aromatic rings. The smallest absolute Gasteiger partial charge is 0.293 e. The molecule has 0 fully saturated rings. The second-order valence-corrected chi connectivity index (χ2v) is 9.56. The molecule has 0 unspecified atom stereocenters. The number of aryl methyl sites for hydroxylation is 1. The van der Waals surface area contributed by atoms with Gasteiger partial charge in [0, 0.05) is 30.8 Å². The third-order valence-electron chi connectivity index (χ3n) is 6.87. The van der Waals surface area contributed by atoms with E-state index in [2.05, 4.69) is 0 Å². The molecule has 200 valence electrons. The highest BCUT2D eigenvalue weighted by atomic mass is 19.1. The lowest BCUT2D eigenvalue weighted by Gasteiger charge is -2.22. The van der Waals surface area contributed by atoms with Gasteiger partial charge in [-0.15, -0.1) is 0 Å². The summed E-state index contributed by atoms with van der Waals surface area (Å²) in [6, 6.07) is 13.5. The molecule has 0 spiro atoms.